The van der Waals surface area contributed by atoms with E-state index in [1.165, 1.54) is 6.08 Å². The summed E-state index contributed by atoms with van der Waals surface area (Å²) in [6.07, 6.45) is 2.39. The predicted octanol–water partition coefficient (Wildman–Crippen LogP) is 2.64. The highest BCUT2D eigenvalue weighted by Crippen LogP contribution is 2.31. The summed E-state index contributed by atoms with van der Waals surface area (Å²) in [4.78, 5) is 13.4. The molecule has 90 valence electrons. The second kappa shape index (κ2) is 4.62. The van der Waals surface area contributed by atoms with Gasteiger partial charge in [0.2, 0.25) is 0 Å². The van der Waals surface area contributed by atoms with E-state index in [0.29, 0.717) is 12.8 Å². The number of allylic oxidation sites excluding steroid dienone is 2. The third kappa shape index (κ3) is 2.67. The van der Waals surface area contributed by atoms with Crippen molar-refractivity contribution in [2.75, 3.05) is 19.0 Å². The van der Waals surface area contributed by atoms with Gasteiger partial charge in [-0.05, 0) is 23.6 Å². The highest BCUT2D eigenvalue weighted by Gasteiger charge is 2.21. The maximum absolute atomic E-state index is 11.4. The van der Waals surface area contributed by atoms with Gasteiger partial charge in [0.05, 0.1) is 5.76 Å². The number of carbonyl (C=O) groups is 1. The van der Waals surface area contributed by atoms with Crippen LogP contribution in [-0.4, -0.2) is 25.0 Å². The summed E-state index contributed by atoms with van der Waals surface area (Å²) in [6, 6.07) is 8.14. The minimum atomic E-state index is 0.00966. The Morgan fingerprint density at radius 3 is 2.35 bits per heavy atom. The molecule has 17 heavy (non-hydrogen) atoms. The lowest BCUT2D eigenvalue weighted by Gasteiger charge is -2.20. The summed E-state index contributed by atoms with van der Waals surface area (Å²) < 4.78 is 0. The standard InChI is InChI=1S/C14H17NO2/c1-15(2)12-5-3-10(4-6-12)11-7-13(16)9-14(17)8-11/h3-6,9,11,16H,7-8H2,1-2H3. The van der Waals surface area contributed by atoms with E-state index < -0.39 is 0 Å². The lowest BCUT2D eigenvalue weighted by molar-refractivity contribution is -0.115. The van der Waals surface area contributed by atoms with Gasteiger partial charge in [-0.3, -0.25) is 4.79 Å². The maximum atomic E-state index is 11.4. The van der Waals surface area contributed by atoms with E-state index in [1.807, 2.05) is 43.3 Å². The molecule has 3 heteroatoms. The van der Waals surface area contributed by atoms with E-state index in [-0.39, 0.29) is 17.5 Å². The largest absolute Gasteiger partial charge is 0.512 e. The molecule has 0 saturated carbocycles. The molecule has 0 fully saturated rings. The lowest BCUT2D eigenvalue weighted by atomic mass is 9.86. The quantitative estimate of drug-likeness (QED) is 0.850. The van der Waals surface area contributed by atoms with Crippen molar-refractivity contribution in [3.63, 3.8) is 0 Å². The summed E-state index contributed by atoms with van der Waals surface area (Å²) in [7, 11) is 3.99. The molecule has 3 nitrogen and oxygen atoms in total. The van der Waals surface area contributed by atoms with Crippen LogP contribution in [0.25, 0.3) is 0 Å². The van der Waals surface area contributed by atoms with Crippen LogP contribution in [0.2, 0.25) is 0 Å². The van der Waals surface area contributed by atoms with E-state index in [9.17, 15) is 9.90 Å². The van der Waals surface area contributed by atoms with Gasteiger partial charge in [-0.2, -0.15) is 0 Å². The van der Waals surface area contributed by atoms with Crippen LogP contribution < -0.4 is 4.90 Å². The van der Waals surface area contributed by atoms with Crippen molar-refractivity contribution < 1.29 is 9.90 Å². The number of nitrogens with zero attached hydrogens (tertiary/aromatic N) is 1. The van der Waals surface area contributed by atoms with Gasteiger partial charge in [-0.15, -0.1) is 0 Å². The highest BCUT2D eigenvalue weighted by molar-refractivity contribution is 5.91. The Balaban J connectivity index is 2.18. The number of aliphatic hydroxyl groups is 1. The molecule has 1 N–H and O–H groups in total. The van der Waals surface area contributed by atoms with E-state index in [4.69, 9.17) is 0 Å². The average molecular weight is 231 g/mol. The van der Waals surface area contributed by atoms with Gasteiger partial charge in [0.25, 0.3) is 0 Å². The van der Waals surface area contributed by atoms with Crippen molar-refractivity contribution >= 4 is 11.5 Å². The van der Waals surface area contributed by atoms with E-state index in [2.05, 4.69) is 0 Å². The normalized spacial score (nSPS) is 20.0. The topological polar surface area (TPSA) is 40.5 Å². The molecule has 1 aliphatic rings. The molecule has 1 aliphatic carbocycles. The zero-order chi connectivity index (χ0) is 12.4. The summed E-state index contributed by atoms with van der Waals surface area (Å²) in [6.45, 7) is 0. The fourth-order valence-corrected chi connectivity index (χ4v) is 2.15. The van der Waals surface area contributed by atoms with Gasteiger partial charge in [0, 0.05) is 38.7 Å². The first-order valence-electron chi connectivity index (χ1n) is 5.76. The molecule has 1 aromatic carbocycles. The molecule has 1 aromatic rings. The minimum Gasteiger partial charge on any atom is -0.512 e. The van der Waals surface area contributed by atoms with Crippen LogP contribution in [0, 0.1) is 0 Å². The van der Waals surface area contributed by atoms with E-state index in [0.717, 1.165) is 11.3 Å². The predicted molar refractivity (Wildman–Crippen MR) is 68.5 cm³/mol. The average Bonchev–Trinajstić information content (AvgIpc) is 2.28. The third-order valence-corrected chi connectivity index (χ3v) is 3.11. The number of aliphatic hydroxyl groups excluding tert-OH is 1. The number of benzene rings is 1. The van der Waals surface area contributed by atoms with E-state index in [1.54, 1.807) is 0 Å². The third-order valence-electron chi connectivity index (χ3n) is 3.11. The number of ketones is 1. The molecule has 0 heterocycles. The van der Waals surface area contributed by atoms with Crippen LogP contribution in [0.1, 0.15) is 24.3 Å². The second-order valence-corrected chi connectivity index (χ2v) is 4.69. The van der Waals surface area contributed by atoms with Gasteiger partial charge >= 0.3 is 0 Å². The minimum absolute atomic E-state index is 0.00966. The van der Waals surface area contributed by atoms with Crippen LogP contribution in [0.15, 0.2) is 36.1 Å². The van der Waals surface area contributed by atoms with Crippen LogP contribution in [0.3, 0.4) is 0 Å². The smallest absolute Gasteiger partial charge is 0.159 e. The molecule has 0 radical (unpaired) electrons. The molecular formula is C14H17NO2. The van der Waals surface area contributed by atoms with Crippen LogP contribution in [0.4, 0.5) is 5.69 Å². The fraction of sp³-hybridized carbons (Fsp3) is 0.357. The number of anilines is 1. The first-order valence-corrected chi connectivity index (χ1v) is 5.76. The summed E-state index contributed by atoms with van der Waals surface area (Å²) >= 11 is 0. The number of carbonyl (C=O) groups excluding carboxylic acids is 1. The molecule has 1 unspecified atom stereocenters. The summed E-state index contributed by atoms with van der Waals surface area (Å²) in [5.74, 6) is 0.321. The first-order chi connectivity index (χ1) is 8.06. The monoisotopic (exact) mass is 231 g/mol. The second-order valence-electron chi connectivity index (χ2n) is 4.69. The van der Waals surface area contributed by atoms with Gasteiger partial charge in [-0.25, -0.2) is 0 Å². The van der Waals surface area contributed by atoms with Crippen molar-refractivity contribution in [2.45, 2.75) is 18.8 Å². The maximum Gasteiger partial charge on any atom is 0.159 e. The van der Waals surface area contributed by atoms with Gasteiger partial charge in [0.15, 0.2) is 5.78 Å². The van der Waals surface area contributed by atoms with Crippen molar-refractivity contribution in [3.8, 4) is 0 Å². The van der Waals surface area contributed by atoms with Crippen molar-refractivity contribution in [3.05, 3.63) is 41.7 Å². The Morgan fingerprint density at radius 2 is 1.82 bits per heavy atom. The number of rotatable bonds is 2. The molecule has 1 atom stereocenters. The molecule has 0 bridgehead atoms. The Kier molecular flexibility index (Phi) is 3.18. The molecular weight excluding hydrogens is 214 g/mol. The highest BCUT2D eigenvalue weighted by atomic mass is 16.3. The molecule has 0 saturated heterocycles. The van der Waals surface area contributed by atoms with Gasteiger partial charge in [0.1, 0.15) is 0 Å². The fourth-order valence-electron chi connectivity index (χ4n) is 2.15. The Hall–Kier alpha value is -1.77. The van der Waals surface area contributed by atoms with Crippen LogP contribution in [0.5, 0.6) is 0 Å². The van der Waals surface area contributed by atoms with Gasteiger partial charge in [-0.1, -0.05) is 12.1 Å². The van der Waals surface area contributed by atoms with Crippen molar-refractivity contribution in [1.82, 2.24) is 0 Å². The number of hydrogen-bond donors (Lipinski definition) is 1. The zero-order valence-electron chi connectivity index (χ0n) is 10.2. The zero-order valence-corrected chi connectivity index (χ0v) is 10.2. The Morgan fingerprint density at radius 1 is 1.18 bits per heavy atom. The Labute approximate surface area is 101 Å². The Bertz CT molecular complexity index is 446. The van der Waals surface area contributed by atoms with Crippen molar-refractivity contribution in [2.24, 2.45) is 0 Å². The molecule has 0 aromatic heterocycles. The molecule has 0 aliphatic heterocycles. The molecule has 2 rings (SSSR count). The lowest BCUT2D eigenvalue weighted by Crippen LogP contribution is -2.13. The number of hydrogen-bond acceptors (Lipinski definition) is 3. The SMILES string of the molecule is CN(C)c1ccc(C2CC(=O)C=C(O)C2)cc1. The van der Waals surface area contributed by atoms with Crippen molar-refractivity contribution in [1.29, 1.82) is 0 Å². The molecule has 0 spiro atoms. The van der Waals surface area contributed by atoms with Crippen LogP contribution >= 0.6 is 0 Å². The van der Waals surface area contributed by atoms with Gasteiger partial charge < -0.3 is 10.0 Å². The summed E-state index contributed by atoms with van der Waals surface area (Å²) in [5.41, 5.74) is 2.25. The van der Waals surface area contributed by atoms with Crippen LogP contribution in [-0.2, 0) is 4.79 Å². The molecule has 0 amide bonds. The first kappa shape index (κ1) is 11.7. The summed E-state index contributed by atoms with van der Waals surface area (Å²) in [5, 5.41) is 9.49. The van der Waals surface area contributed by atoms with E-state index >= 15 is 0 Å².